The summed E-state index contributed by atoms with van der Waals surface area (Å²) in [7, 11) is 0. The van der Waals surface area contributed by atoms with Crippen LogP contribution in [0.25, 0.3) is 11.4 Å². The predicted octanol–water partition coefficient (Wildman–Crippen LogP) is 5.79. The zero-order valence-corrected chi connectivity index (χ0v) is 17.0. The molecule has 2 aromatic heterocycles. The monoisotopic (exact) mass is 427 g/mol. The summed E-state index contributed by atoms with van der Waals surface area (Å²) >= 11 is 1.53. The zero-order chi connectivity index (χ0) is 20.9. The molecule has 0 unspecified atom stereocenters. The minimum absolute atomic E-state index is 0.142. The molecule has 5 nitrogen and oxygen atoms in total. The Morgan fingerprint density at radius 2 is 1.77 bits per heavy atom. The van der Waals surface area contributed by atoms with Crippen LogP contribution in [0.5, 0.6) is 5.75 Å². The maximum atomic E-state index is 12.3. The quantitative estimate of drug-likeness (QED) is 0.333. The second-order valence-electron chi connectivity index (χ2n) is 6.58. The zero-order valence-electron chi connectivity index (χ0n) is 16.2. The molecule has 0 aliphatic carbocycles. The van der Waals surface area contributed by atoms with Gasteiger partial charge >= 0.3 is 6.61 Å². The number of nitrogens with zero attached hydrogens (tertiary/aromatic N) is 3. The van der Waals surface area contributed by atoms with E-state index in [0.717, 1.165) is 33.4 Å². The van der Waals surface area contributed by atoms with Crippen LogP contribution in [-0.2, 0) is 12.3 Å². The van der Waals surface area contributed by atoms with Crippen LogP contribution in [-0.4, -0.2) is 21.4 Å². The lowest BCUT2D eigenvalue weighted by Crippen LogP contribution is -2.04. The number of halogens is 2. The van der Waals surface area contributed by atoms with Crippen LogP contribution < -0.4 is 4.74 Å². The van der Waals surface area contributed by atoms with E-state index in [1.54, 1.807) is 18.4 Å². The van der Waals surface area contributed by atoms with E-state index in [-0.39, 0.29) is 5.75 Å². The number of aryl methyl sites for hydroxylation is 1. The minimum atomic E-state index is -2.83. The molecule has 2 aromatic carbocycles. The smallest absolute Gasteiger partial charge is 0.387 e. The normalized spacial score (nSPS) is 11.2. The molecule has 2 heterocycles. The van der Waals surface area contributed by atoms with Crippen molar-refractivity contribution < 1.29 is 17.9 Å². The Morgan fingerprint density at radius 1 is 1.00 bits per heavy atom. The summed E-state index contributed by atoms with van der Waals surface area (Å²) in [5.41, 5.74) is 3.01. The lowest BCUT2D eigenvalue weighted by atomic mass is 10.2. The van der Waals surface area contributed by atoms with E-state index < -0.39 is 6.61 Å². The van der Waals surface area contributed by atoms with Crippen molar-refractivity contribution in [2.75, 3.05) is 0 Å². The van der Waals surface area contributed by atoms with Crippen LogP contribution in [0.15, 0.2) is 76.5 Å². The molecule has 0 saturated carbocycles. The van der Waals surface area contributed by atoms with E-state index in [4.69, 9.17) is 4.42 Å². The molecule has 0 aliphatic heterocycles. The van der Waals surface area contributed by atoms with Gasteiger partial charge in [0.15, 0.2) is 11.0 Å². The van der Waals surface area contributed by atoms with Crippen molar-refractivity contribution >= 4 is 11.8 Å². The van der Waals surface area contributed by atoms with Gasteiger partial charge in [-0.3, -0.25) is 4.57 Å². The Kier molecular flexibility index (Phi) is 6.13. The predicted molar refractivity (Wildman–Crippen MR) is 111 cm³/mol. The second kappa shape index (κ2) is 9.13. The molecule has 0 bridgehead atoms. The maximum absolute atomic E-state index is 12.3. The maximum Gasteiger partial charge on any atom is 0.387 e. The van der Waals surface area contributed by atoms with Gasteiger partial charge in [-0.05, 0) is 36.2 Å². The highest BCUT2D eigenvalue weighted by molar-refractivity contribution is 7.98. The summed E-state index contributed by atoms with van der Waals surface area (Å²) < 4.78 is 36.5. The molecule has 0 atom stereocenters. The molecule has 0 radical (unpaired) electrons. The Labute approximate surface area is 176 Å². The molecular formula is C22H19F2N3O2S. The van der Waals surface area contributed by atoms with Gasteiger partial charge in [-0.25, -0.2) is 0 Å². The van der Waals surface area contributed by atoms with Gasteiger partial charge in [-0.2, -0.15) is 8.78 Å². The Balaban J connectivity index is 1.56. The van der Waals surface area contributed by atoms with Crippen LogP contribution in [0.3, 0.4) is 0 Å². The van der Waals surface area contributed by atoms with Gasteiger partial charge in [-0.15, -0.1) is 10.2 Å². The van der Waals surface area contributed by atoms with E-state index in [0.29, 0.717) is 12.3 Å². The topological polar surface area (TPSA) is 53.1 Å². The lowest BCUT2D eigenvalue weighted by molar-refractivity contribution is -0.0498. The third-order valence-corrected chi connectivity index (χ3v) is 5.55. The summed E-state index contributed by atoms with van der Waals surface area (Å²) in [6.07, 6.45) is 1.64. The van der Waals surface area contributed by atoms with Gasteiger partial charge in [0.05, 0.1) is 18.4 Å². The van der Waals surface area contributed by atoms with E-state index in [9.17, 15) is 8.78 Å². The van der Waals surface area contributed by atoms with Crippen molar-refractivity contribution in [1.82, 2.24) is 14.8 Å². The van der Waals surface area contributed by atoms with E-state index >= 15 is 0 Å². The van der Waals surface area contributed by atoms with Crippen LogP contribution in [0, 0.1) is 6.92 Å². The summed E-state index contributed by atoms with van der Waals surface area (Å²) in [6, 6.07) is 18.6. The average Bonchev–Trinajstić information content (AvgIpc) is 3.33. The first-order valence-corrected chi connectivity index (χ1v) is 10.3. The van der Waals surface area contributed by atoms with E-state index in [1.165, 1.54) is 23.9 Å². The highest BCUT2D eigenvalue weighted by Gasteiger charge is 2.18. The largest absolute Gasteiger partial charge is 0.469 e. The molecule has 4 aromatic rings. The van der Waals surface area contributed by atoms with Crippen LogP contribution in [0.2, 0.25) is 0 Å². The molecule has 0 spiro atoms. The Hall–Kier alpha value is -3.13. The number of furan rings is 1. The highest BCUT2D eigenvalue weighted by Crippen LogP contribution is 2.30. The fourth-order valence-electron chi connectivity index (χ4n) is 3.04. The highest BCUT2D eigenvalue weighted by atomic mass is 32.2. The Morgan fingerprint density at radius 3 is 2.43 bits per heavy atom. The number of hydrogen-bond acceptors (Lipinski definition) is 5. The molecule has 0 fully saturated rings. The van der Waals surface area contributed by atoms with Crippen molar-refractivity contribution in [1.29, 1.82) is 0 Å². The fourth-order valence-corrected chi connectivity index (χ4v) is 3.93. The molecule has 0 aliphatic rings. The Bertz CT molecular complexity index is 1100. The number of rotatable bonds is 8. The molecule has 0 amide bonds. The first-order valence-electron chi connectivity index (χ1n) is 9.28. The molecular weight excluding hydrogens is 408 g/mol. The number of benzene rings is 2. The molecule has 8 heteroatoms. The molecule has 4 rings (SSSR count). The van der Waals surface area contributed by atoms with Crippen molar-refractivity contribution in [3.05, 3.63) is 83.8 Å². The summed E-state index contributed by atoms with van der Waals surface area (Å²) in [6.45, 7) is -0.309. The van der Waals surface area contributed by atoms with Crippen molar-refractivity contribution in [3.8, 4) is 17.1 Å². The standard InChI is InChI=1S/C22H19F2N3O2S/c1-15-19(11-12-28-15)20-25-26-22(27(20)13-16-5-3-2-4-6-16)30-14-17-7-9-18(10-8-17)29-21(23)24/h2-12,21H,13-14H2,1H3. The fraction of sp³-hybridized carbons (Fsp3) is 0.182. The van der Waals surface area contributed by atoms with Gasteiger partial charge in [0, 0.05) is 5.75 Å². The number of aromatic nitrogens is 3. The summed E-state index contributed by atoms with van der Waals surface area (Å²) in [4.78, 5) is 0. The van der Waals surface area contributed by atoms with Gasteiger partial charge in [0.2, 0.25) is 0 Å². The third kappa shape index (κ3) is 4.71. The molecule has 30 heavy (non-hydrogen) atoms. The number of alkyl halides is 2. The number of ether oxygens (including phenoxy) is 1. The van der Waals surface area contributed by atoms with Crippen LogP contribution in [0.1, 0.15) is 16.9 Å². The van der Waals surface area contributed by atoms with Gasteiger partial charge < -0.3 is 9.15 Å². The molecule has 0 saturated heterocycles. The van der Waals surface area contributed by atoms with Crippen molar-refractivity contribution in [2.24, 2.45) is 0 Å². The minimum Gasteiger partial charge on any atom is -0.469 e. The van der Waals surface area contributed by atoms with E-state index in [2.05, 4.69) is 31.6 Å². The number of hydrogen-bond donors (Lipinski definition) is 0. The van der Waals surface area contributed by atoms with Crippen molar-refractivity contribution in [2.45, 2.75) is 31.0 Å². The molecule has 0 N–H and O–H groups in total. The lowest BCUT2D eigenvalue weighted by Gasteiger charge is -2.10. The van der Waals surface area contributed by atoms with Gasteiger partial charge in [0.25, 0.3) is 0 Å². The average molecular weight is 427 g/mol. The van der Waals surface area contributed by atoms with Crippen molar-refractivity contribution in [3.63, 3.8) is 0 Å². The first-order chi connectivity index (χ1) is 14.6. The first kappa shape index (κ1) is 20.2. The molecule has 154 valence electrons. The summed E-state index contributed by atoms with van der Waals surface area (Å²) in [5, 5.41) is 9.56. The number of thioether (sulfide) groups is 1. The van der Waals surface area contributed by atoms with E-state index in [1.807, 2.05) is 31.2 Å². The van der Waals surface area contributed by atoms with Gasteiger partial charge in [-0.1, -0.05) is 54.2 Å². The second-order valence-corrected chi connectivity index (χ2v) is 7.52. The van der Waals surface area contributed by atoms with Crippen LogP contribution in [0.4, 0.5) is 8.78 Å². The van der Waals surface area contributed by atoms with Crippen LogP contribution >= 0.6 is 11.8 Å². The van der Waals surface area contributed by atoms with Gasteiger partial charge in [0.1, 0.15) is 11.5 Å². The summed E-state index contributed by atoms with van der Waals surface area (Å²) in [5.74, 6) is 2.28. The SMILES string of the molecule is Cc1occc1-c1nnc(SCc2ccc(OC(F)F)cc2)n1Cc1ccccc1. The third-order valence-electron chi connectivity index (χ3n) is 4.52.